The highest BCUT2D eigenvalue weighted by molar-refractivity contribution is 5.96. The molecule has 0 fully saturated rings. The van der Waals surface area contributed by atoms with Gasteiger partial charge >= 0.3 is 0 Å². The molecule has 0 saturated heterocycles. The third-order valence-electron chi connectivity index (χ3n) is 4.48. The number of nitrogens with zero attached hydrogens (tertiary/aromatic N) is 2. The largest absolute Gasteiger partial charge is 0.467 e. The molecule has 5 nitrogen and oxygen atoms in total. The summed E-state index contributed by atoms with van der Waals surface area (Å²) in [5, 5.41) is 0. The van der Waals surface area contributed by atoms with Crippen molar-refractivity contribution in [1.29, 1.82) is 0 Å². The van der Waals surface area contributed by atoms with E-state index in [-0.39, 0.29) is 18.4 Å². The van der Waals surface area contributed by atoms with Crippen LogP contribution < -0.4 is 0 Å². The second kappa shape index (κ2) is 10.1. The van der Waals surface area contributed by atoms with Crippen LogP contribution in [-0.4, -0.2) is 34.7 Å². The first-order chi connectivity index (χ1) is 14.2. The van der Waals surface area contributed by atoms with Gasteiger partial charge in [0.25, 0.3) is 5.91 Å². The SMILES string of the molecule is C=CCN(CC(=O)N(Cc1ccccc1)Cc1ccco1)C(=O)c1ccccc1. The van der Waals surface area contributed by atoms with Crippen LogP contribution in [0.4, 0.5) is 0 Å². The molecule has 0 aliphatic heterocycles. The van der Waals surface area contributed by atoms with Gasteiger partial charge in [0.05, 0.1) is 12.8 Å². The molecule has 1 aromatic heterocycles. The summed E-state index contributed by atoms with van der Waals surface area (Å²) in [6.07, 6.45) is 3.21. The molecule has 148 valence electrons. The lowest BCUT2D eigenvalue weighted by Crippen LogP contribution is -2.42. The van der Waals surface area contributed by atoms with Gasteiger partial charge < -0.3 is 14.2 Å². The average Bonchev–Trinajstić information content (AvgIpc) is 3.27. The molecular weight excluding hydrogens is 364 g/mol. The molecule has 29 heavy (non-hydrogen) atoms. The zero-order chi connectivity index (χ0) is 20.5. The molecule has 0 saturated carbocycles. The van der Waals surface area contributed by atoms with Gasteiger partial charge in [-0.1, -0.05) is 54.6 Å². The Balaban J connectivity index is 1.77. The first kappa shape index (κ1) is 20.1. The topological polar surface area (TPSA) is 53.8 Å². The average molecular weight is 388 g/mol. The number of benzene rings is 2. The van der Waals surface area contributed by atoms with Crippen molar-refractivity contribution in [2.24, 2.45) is 0 Å². The van der Waals surface area contributed by atoms with Crippen molar-refractivity contribution in [2.45, 2.75) is 13.1 Å². The minimum atomic E-state index is -0.198. The van der Waals surface area contributed by atoms with E-state index >= 15 is 0 Å². The minimum absolute atomic E-state index is 0.0344. The van der Waals surface area contributed by atoms with E-state index < -0.39 is 0 Å². The zero-order valence-corrected chi connectivity index (χ0v) is 16.2. The maximum absolute atomic E-state index is 13.2. The van der Waals surface area contributed by atoms with E-state index in [4.69, 9.17) is 4.42 Å². The molecule has 0 atom stereocenters. The maximum atomic E-state index is 13.2. The van der Waals surface area contributed by atoms with Gasteiger partial charge in [-0.2, -0.15) is 0 Å². The highest BCUT2D eigenvalue weighted by atomic mass is 16.3. The third kappa shape index (κ3) is 5.69. The summed E-state index contributed by atoms with van der Waals surface area (Å²) in [4.78, 5) is 29.2. The molecule has 0 spiro atoms. The first-order valence-corrected chi connectivity index (χ1v) is 9.46. The second-order valence-electron chi connectivity index (χ2n) is 6.66. The molecule has 0 unspecified atom stereocenters. The van der Waals surface area contributed by atoms with Crippen LogP contribution in [0.2, 0.25) is 0 Å². The smallest absolute Gasteiger partial charge is 0.254 e. The summed E-state index contributed by atoms with van der Waals surface area (Å²) in [6, 6.07) is 22.3. The van der Waals surface area contributed by atoms with Gasteiger partial charge in [-0.05, 0) is 29.8 Å². The Morgan fingerprint density at radius 2 is 1.55 bits per heavy atom. The number of carbonyl (C=O) groups is 2. The van der Waals surface area contributed by atoms with Crippen LogP contribution in [0.15, 0.2) is 96.1 Å². The van der Waals surface area contributed by atoms with Gasteiger partial charge in [-0.15, -0.1) is 6.58 Å². The lowest BCUT2D eigenvalue weighted by molar-refractivity contribution is -0.133. The zero-order valence-electron chi connectivity index (χ0n) is 16.2. The summed E-state index contributed by atoms with van der Waals surface area (Å²) < 4.78 is 5.43. The summed E-state index contributed by atoms with van der Waals surface area (Å²) in [7, 11) is 0. The van der Waals surface area contributed by atoms with E-state index in [0.29, 0.717) is 31.0 Å². The highest BCUT2D eigenvalue weighted by Crippen LogP contribution is 2.13. The van der Waals surface area contributed by atoms with E-state index in [1.54, 1.807) is 47.6 Å². The van der Waals surface area contributed by atoms with E-state index in [2.05, 4.69) is 6.58 Å². The van der Waals surface area contributed by atoms with Crippen LogP contribution in [0.25, 0.3) is 0 Å². The van der Waals surface area contributed by atoms with Gasteiger partial charge in [0.2, 0.25) is 5.91 Å². The number of rotatable bonds is 9. The minimum Gasteiger partial charge on any atom is -0.467 e. The van der Waals surface area contributed by atoms with Gasteiger partial charge in [0.15, 0.2) is 0 Å². The van der Waals surface area contributed by atoms with Crippen molar-refractivity contribution in [3.05, 3.63) is 109 Å². The van der Waals surface area contributed by atoms with Crippen molar-refractivity contribution in [3.8, 4) is 0 Å². The second-order valence-corrected chi connectivity index (χ2v) is 6.66. The van der Waals surface area contributed by atoms with Gasteiger partial charge in [-0.3, -0.25) is 9.59 Å². The third-order valence-corrected chi connectivity index (χ3v) is 4.48. The molecule has 0 N–H and O–H groups in total. The van der Waals surface area contributed by atoms with E-state index in [1.165, 1.54) is 4.90 Å². The first-order valence-electron chi connectivity index (χ1n) is 9.46. The van der Waals surface area contributed by atoms with Crippen molar-refractivity contribution in [2.75, 3.05) is 13.1 Å². The number of hydrogen-bond donors (Lipinski definition) is 0. The van der Waals surface area contributed by atoms with Crippen molar-refractivity contribution in [3.63, 3.8) is 0 Å². The Bertz CT molecular complexity index is 921. The number of furan rings is 1. The van der Waals surface area contributed by atoms with E-state index in [0.717, 1.165) is 5.56 Å². The molecular formula is C24H24N2O3. The van der Waals surface area contributed by atoms with Crippen LogP contribution in [0.5, 0.6) is 0 Å². The van der Waals surface area contributed by atoms with Gasteiger partial charge in [0.1, 0.15) is 12.3 Å². The Morgan fingerprint density at radius 1 is 0.862 bits per heavy atom. The Morgan fingerprint density at radius 3 is 2.17 bits per heavy atom. The maximum Gasteiger partial charge on any atom is 0.254 e. The van der Waals surface area contributed by atoms with Crippen molar-refractivity contribution in [1.82, 2.24) is 9.80 Å². The number of carbonyl (C=O) groups excluding carboxylic acids is 2. The molecule has 0 aliphatic carbocycles. The van der Waals surface area contributed by atoms with Gasteiger partial charge in [-0.25, -0.2) is 0 Å². The molecule has 0 bridgehead atoms. The van der Waals surface area contributed by atoms with Crippen LogP contribution in [-0.2, 0) is 17.9 Å². The summed E-state index contributed by atoms with van der Waals surface area (Å²) >= 11 is 0. The lowest BCUT2D eigenvalue weighted by atomic mass is 10.2. The molecule has 1 heterocycles. The van der Waals surface area contributed by atoms with E-state index in [9.17, 15) is 9.59 Å². The standard InChI is InChI=1S/C24H24N2O3/c1-2-15-25(24(28)21-12-7-4-8-13-21)19-23(27)26(18-22-14-9-16-29-22)17-20-10-5-3-6-11-20/h2-14,16H,1,15,17-19H2. The fourth-order valence-electron chi connectivity index (χ4n) is 3.03. The van der Waals surface area contributed by atoms with Gasteiger partial charge in [0, 0.05) is 18.7 Å². The van der Waals surface area contributed by atoms with Crippen molar-refractivity contribution < 1.29 is 14.0 Å². The fraction of sp³-hybridized carbons (Fsp3) is 0.167. The predicted molar refractivity (Wildman–Crippen MR) is 112 cm³/mol. The molecule has 2 amide bonds. The van der Waals surface area contributed by atoms with Crippen LogP contribution in [0.1, 0.15) is 21.7 Å². The Hall–Kier alpha value is -3.60. The molecule has 2 aromatic carbocycles. The summed E-state index contributed by atoms with van der Waals surface area (Å²) in [6.45, 7) is 4.75. The molecule has 5 heteroatoms. The monoisotopic (exact) mass is 388 g/mol. The van der Waals surface area contributed by atoms with Crippen LogP contribution in [0, 0.1) is 0 Å². The summed E-state index contributed by atoms with van der Waals surface area (Å²) in [5.41, 5.74) is 1.56. The quantitative estimate of drug-likeness (QED) is 0.518. The number of amides is 2. The van der Waals surface area contributed by atoms with Crippen LogP contribution in [0.3, 0.4) is 0 Å². The molecule has 3 aromatic rings. The summed E-state index contributed by atoms with van der Waals surface area (Å²) in [5.74, 6) is 0.340. The Labute approximate surface area is 170 Å². The highest BCUT2D eigenvalue weighted by Gasteiger charge is 2.22. The predicted octanol–water partition coefficient (Wildman–Crippen LogP) is 4.14. The normalized spacial score (nSPS) is 10.3. The fourth-order valence-corrected chi connectivity index (χ4v) is 3.03. The van der Waals surface area contributed by atoms with Crippen LogP contribution >= 0.6 is 0 Å². The lowest BCUT2D eigenvalue weighted by Gasteiger charge is -2.27. The Kier molecular flexibility index (Phi) is 7.00. The van der Waals surface area contributed by atoms with Crippen molar-refractivity contribution >= 4 is 11.8 Å². The molecule has 0 radical (unpaired) electrons. The molecule has 3 rings (SSSR count). The van der Waals surface area contributed by atoms with E-state index in [1.807, 2.05) is 42.5 Å². The number of hydrogen-bond acceptors (Lipinski definition) is 3. The molecule has 0 aliphatic rings.